The van der Waals surface area contributed by atoms with Crippen LogP contribution >= 0.6 is 0 Å². The number of hydrogen-bond donors (Lipinski definition) is 3. The molecule has 1 aliphatic rings. The Hall–Kier alpha value is -3.38. The summed E-state index contributed by atoms with van der Waals surface area (Å²) in [5.41, 5.74) is 1.87. The highest BCUT2D eigenvalue weighted by Gasteiger charge is 2.18. The van der Waals surface area contributed by atoms with Crippen LogP contribution in [0.3, 0.4) is 0 Å². The van der Waals surface area contributed by atoms with Crippen molar-refractivity contribution in [3.63, 3.8) is 0 Å². The molecule has 3 N–H and O–H groups in total. The minimum atomic E-state index is -0.181. The van der Waals surface area contributed by atoms with Crippen molar-refractivity contribution in [3.05, 3.63) is 72.3 Å². The molecule has 0 bridgehead atoms. The molecule has 1 unspecified atom stereocenters. The van der Waals surface area contributed by atoms with Gasteiger partial charge in [0.05, 0.1) is 18.2 Å². The number of hydrogen-bond acceptors (Lipinski definition) is 4. The standard InChI is InChI=1S/C24H25N3O3/c28-23(27-19-12-11-17-6-1-2-7-18(17)14-19)16-25-22-10-4-3-9-21(22)24(29)26-15-20-8-5-13-30-20/h1-4,6-7,9-12,14,20,25H,5,8,13,15-16H2,(H,26,29)(H,27,28). The van der Waals surface area contributed by atoms with Crippen LogP contribution in [-0.2, 0) is 9.53 Å². The van der Waals surface area contributed by atoms with E-state index in [9.17, 15) is 9.59 Å². The van der Waals surface area contributed by atoms with Crippen LogP contribution < -0.4 is 16.0 Å². The van der Waals surface area contributed by atoms with Crippen LogP contribution in [0.25, 0.3) is 10.8 Å². The molecule has 30 heavy (non-hydrogen) atoms. The predicted molar refractivity (Wildman–Crippen MR) is 119 cm³/mol. The Bertz CT molecular complexity index is 1040. The van der Waals surface area contributed by atoms with Crippen LogP contribution in [0.2, 0.25) is 0 Å². The SMILES string of the molecule is O=C(CNc1ccccc1C(=O)NCC1CCCO1)Nc1ccc2ccccc2c1. The summed E-state index contributed by atoms with van der Waals surface area (Å²) < 4.78 is 5.55. The largest absolute Gasteiger partial charge is 0.376 e. The van der Waals surface area contributed by atoms with Gasteiger partial charge in [-0.2, -0.15) is 0 Å². The van der Waals surface area contributed by atoms with Crippen molar-refractivity contribution in [1.29, 1.82) is 0 Å². The third kappa shape index (κ3) is 4.96. The number of carbonyl (C=O) groups is 2. The molecule has 0 saturated carbocycles. The number of fused-ring (bicyclic) bond motifs is 1. The zero-order valence-corrected chi connectivity index (χ0v) is 16.7. The molecule has 1 aliphatic heterocycles. The van der Waals surface area contributed by atoms with Crippen molar-refractivity contribution < 1.29 is 14.3 Å². The van der Waals surface area contributed by atoms with E-state index in [1.165, 1.54) is 0 Å². The highest BCUT2D eigenvalue weighted by atomic mass is 16.5. The third-order valence-corrected chi connectivity index (χ3v) is 5.16. The molecule has 1 atom stereocenters. The van der Waals surface area contributed by atoms with Gasteiger partial charge in [-0.05, 0) is 47.9 Å². The van der Waals surface area contributed by atoms with Crippen LogP contribution in [0, 0.1) is 0 Å². The summed E-state index contributed by atoms with van der Waals surface area (Å²) >= 11 is 0. The smallest absolute Gasteiger partial charge is 0.253 e. The Morgan fingerprint density at radius 3 is 2.60 bits per heavy atom. The van der Waals surface area contributed by atoms with Gasteiger partial charge in [0, 0.05) is 24.5 Å². The quantitative estimate of drug-likeness (QED) is 0.561. The molecule has 6 nitrogen and oxygen atoms in total. The van der Waals surface area contributed by atoms with Gasteiger partial charge in [-0.25, -0.2) is 0 Å². The summed E-state index contributed by atoms with van der Waals surface area (Å²) in [5, 5.41) is 11.1. The Morgan fingerprint density at radius 1 is 0.967 bits per heavy atom. The lowest BCUT2D eigenvalue weighted by Gasteiger charge is -2.14. The fraction of sp³-hybridized carbons (Fsp3) is 0.250. The molecular formula is C24H25N3O3. The number of nitrogens with one attached hydrogen (secondary N) is 3. The topological polar surface area (TPSA) is 79.5 Å². The van der Waals surface area contributed by atoms with Gasteiger partial charge < -0.3 is 20.7 Å². The molecule has 2 amide bonds. The van der Waals surface area contributed by atoms with Crippen molar-refractivity contribution >= 4 is 34.0 Å². The number of rotatable bonds is 7. The minimum Gasteiger partial charge on any atom is -0.376 e. The maximum absolute atomic E-state index is 12.6. The number of amides is 2. The van der Waals surface area contributed by atoms with Crippen molar-refractivity contribution in [3.8, 4) is 0 Å². The number of anilines is 2. The van der Waals surface area contributed by atoms with Crippen LogP contribution in [0.4, 0.5) is 11.4 Å². The fourth-order valence-electron chi connectivity index (χ4n) is 3.59. The molecule has 0 aliphatic carbocycles. The van der Waals surface area contributed by atoms with E-state index in [1.54, 1.807) is 18.2 Å². The summed E-state index contributed by atoms with van der Waals surface area (Å²) in [5.74, 6) is -0.358. The Kier molecular flexibility index (Phi) is 6.25. The average Bonchev–Trinajstić information content (AvgIpc) is 3.30. The Morgan fingerprint density at radius 2 is 1.77 bits per heavy atom. The van der Waals surface area contributed by atoms with E-state index < -0.39 is 0 Å². The first-order chi connectivity index (χ1) is 14.7. The molecule has 1 saturated heterocycles. The van der Waals surface area contributed by atoms with Gasteiger partial charge in [-0.15, -0.1) is 0 Å². The fourth-order valence-corrected chi connectivity index (χ4v) is 3.59. The van der Waals surface area contributed by atoms with E-state index in [0.717, 1.165) is 35.9 Å². The molecule has 3 aromatic carbocycles. The first-order valence-electron chi connectivity index (χ1n) is 10.2. The van der Waals surface area contributed by atoms with Gasteiger partial charge in [-0.3, -0.25) is 9.59 Å². The maximum atomic E-state index is 12.6. The molecule has 3 aromatic rings. The first kappa shape index (κ1) is 19.9. The highest BCUT2D eigenvalue weighted by Crippen LogP contribution is 2.19. The zero-order chi connectivity index (χ0) is 20.8. The lowest BCUT2D eigenvalue weighted by Crippen LogP contribution is -2.32. The van der Waals surface area contributed by atoms with E-state index in [-0.39, 0.29) is 24.5 Å². The lowest BCUT2D eigenvalue weighted by atomic mass is 10.1. The number of benzene rings is 3. The number of ether oxygens (including phenoxy) is 1. The molecule has 0 aromatic heterocycles. The lowest BCUT2D eigenvalue weighted by molar-refractivity contribution is -0.114. The molecule has 4 rings (SSSR count). The van der Waals surface area contributed by atoms with Crippen LogP contribution in [0.1, 0.15) is 23.2 Å². The second-order valence-electron chi connectivity index (χ2n) is 7.35. The normalized spacial score (nSPS) is 15.7. The van der Waals surface area contributed by atoms with Crippen molar-refractivity contribution in [1.82, 2.24) is 5.32 Å². The molecule has 1 fully saturated rings. The highest BCUT2D eigenvalue weighted by molar-refractivity contribution is 6.01. The summed E-state index contributed by atoms with van der Waals surface area (Å²) in [6, 6.07) is 21.0. The molecule has 1 heterocycles. The second-order valence-corrected chi connectivity index (χ2v) is 7.35. The third-order valence-electron chi connectivity index (χ3n) is 5.16. The van der Waals surface area contributed by atoms with E-state index >= 15 is 0 Å². The van der Waals surface area contributed by atoms with Crippen molar-refractivity contribution in [2.45, 2.75) is 18.9 Å². The summed E-state index contributed by atoms with van der Waals surface area (Å²) in [6.07, 6.45) is 2.09. The minimum absolute atomic E-state index is 0.0584. The summed E-state index contributed by atoms with van der Waals surface area (Å²) in [7, 11) is 0. The van der Waals surface area contributed by atoms with E-state index in [2.05, 4.69) is 16.0 Å². The van der Waals surface area contributed by atoms with E-state index in [0.29, 0.717) is 17.8 Å². The molecule has 0 radical (unpaired) electrons. The molecular weight excluding hydrogens is 378 g/mol. The number of para-hydroxylation sites is 1. The van der Waals surface area contributed by atoms with Crippen molar-refractivity contribution in [2.75, 3.05) is 30.3 Å². The molecule has 0 spiro atoms. The summed E-state index contributed by atoms with van der Waals surface area (Å²) in [4.78, 5) is 25.0. The zero-order valence-electron chi connectivity index (χ0n) is 16.7. The van der Waals surface area contributed by atoms with Gasteiger partial charge >= 0.3 is 0 Å². The Labute approximate surface area is 175 Å². The van der Waals surface area contributed by atoms with Gasteiger partial charge in [0.2, 0.25) is 5.91 Å². The van der Waals surface area contributed by atoms with Gasteiger partial charge in [0.1, 0.15) is 0 Å². The van der Waals surface area contributed by atoms with E-state index in [1.807, 2.05) is 48.5 Å². The summed E-state index contributed by atoms with van der Waals surface area (Å²) in [6.45, 7) is 1.31. The Balaban J connectivity index is 1.34. The van der Waals surface area contributed by atoms with E-state index in [4.69, 9.17) is 4.74 Å². The number of carbonyl (C=O) groups excluding carboxylic acids is 2. The van der Waals surface area contributed by atoms with Crippen LogP contribution in [-0.4, -0.2) is 37.6 Å². The van der Waals surface area contributed by atoms with Crippen LogP contribution in [0.15, 0.2) is 66.7 Å². The molecule has 6 heteroatoms. The second kappa shape index (κ2) is 9.41. The average molecular weight is 403 g/mol. The van der Waals surface area contributed by atoms with Gasteiger partial charge in [0.15, 0.2) is 0 Å². The monoisotopic (exact) mass is 403 g/mol. The van der Waals surface area contributed by atoms with Crippen molar-refractivity contribution in [2.24, 2.45) is 0 Å². The maximum Gasteiger partial charge on any atom is 0.253 e. The van der Waals surface area contributed by atoms with Crippen LogP contribution in [0.5, 0.6) is 0 Å². The molecule has 154 valence electrons. The first-order valence-corrected chi connectivity index (χ1v) is 10.2. The predicted octanol–water partition coefficient (Wildman–Crippen LogP) is 3.80. The van der Waals surface area contributed by atoms with Gasteiger partial charge in [0.25, 0.3) is 5.91 Å². The van der Waals surface area contributed by atoms with Gasteiger partial charge in [-0.1, -0.05) is 42.5 Å².